The largest absolute Gasteiger partial charge is 0.481 e. The minimum atomic E-state index is -1.31. The summed E-state index contributed by atoms with van der Waals surface area (Å²) in [7, 11) is 0. The first-order chi connectivity index (χ1) is 15.2. The van der Waals surface area contributed by atoms with E-state index in [1.165, 1.54) is 18.3 Å². The van der Waals surface area contributed by atoms with Crippen LogP contribution in [-0.2, 0) is 16.1 Å². The van der Waals surface area contributed by atoms with Crippen LogP contribution in [0.2, 0.25) is 0 Å². The van der Waals surface area contributed by atoms with E-state index in [9.17, 15) is 19.2 Å². The fourth-order valence-electron chi connectivity index (χ4n) is 2.75. The van der Waals surface area contributed by atoms with E-state index in [2.05, 4.69) is 30.6 Å². The number of nitrogens with one attached hydrogen (secondary N) is 3. The summed E-state index contributed by atoms with van der Waals surface area (Å²) in [6.07, 6.45) is 0.840. The Balaban J connectivity index is 0.00000385. The van der Waals surface area contributed by atoms with E-state index in [-0.39, 0.29) is 49.5 Å². The molecule has 2 aromatic heterocycles. The minimum absolute atomic E-state index is 0. The van der Waals surface area contributed by atoms with Crippen molar-refractivity contribution in [2.24, 2.45) is 0 Å². The lowest BCUT2D eigenvalue weighted by Crippen LogP contribution is -2.41. The smallest absolute Gasteiger partial charge is 0.326 e. The van der Waals surface area contributed by atoms with E-state index in [1.807, 2.05) is 0 Å². The van der Waals surface area contributed by atoms with Gasteiger partial charge in [0.1, 0.15) is 6.04 Å². The molecule has 0 radical (unpaired) electrons. The standard InChI is InChI=1S/C19H19N7O6.CH4/c20-19-25-15-14(17(30)26-19)23-11(8-22-15)7-21-10-3-1-9(2-4-10)16(29)24-12(18(31)32)5-6-13(27)28;/h1-4,8,12,21H,5-7H2,(H,24,29)(H,27,28)(H,31,32)(H3,20,22,25,26,30);1H4. The number of H-pyrrole nitrogens is 1. The van der Waals surface area contributed by atoms with E-state index < -0.39 is 29.4 Å². The molecule has 1 atom stereocenters. The summed E-state index contributed by atoms with van der Waals surface area (Å²) in [5, 5.41) is 23.2. The molecule has 174 valence electrons. The second kappa shape index (κ2) is 10.7. The van der Waals surface area contributed by atoms with E-state index in [0.29, 0.717) is 11.4 Å². The molecule has 0 fully saturated rings. The van der Waals surface area contributed by atoms with Gasteiger partial charge in [0.05, 0.1) is 18.4 Å². The second-order valence-electron chi connectivity index (χ2n) is 6.71. The van der Waals surface area contributed by atoms with Crippen LogP contribution in [0.1, 0.15) is 36.3 Å². The van der Waals surface area contributed by atoms with Crippen molar-refractivity contribution in [3.05, 3.63) is 52.1 Å². The predicted octanol–water partition coefficient (Wildman–Crippen LogP) is 0.591. The van der Waals surface area contributed by atoms with Gasteiger partial charge in [0.2, 0.25) is 5.95 Å². The van der Waals surface area contributed by atoms with Crippen LogP contribution in [0, 0.1) is 0 Å². The number of rotatable bonds is 9. The number of hydrogen-bond acceptors (Lipinski definition) is 9. The average molecular weight is 457 g/mol. The number of anilines is 2. The molecule has 0 spiro atoms. The van der Waals surface area contributed by atoms with Gasteiger partial charge in [-0.05, 0) is 30.7 Å². The van der Waals surface area contributed by atoms with Gasteiger partial charge < -0.3 is 26.6 Å². The Morgan fingerprint density at radius 3 is 2.45 bits per heavy atom. The van der Waals surface area contributed by atoms with Crippen LogP contribution < -0.4 is 21.9 Å². The molecule has 3 aromatic rings. The maximum Gasteiger partial charge on any atom is 0.326 e. The Morgan fingerprint density at radius 2 is 1.82 bits per heavy atom. The number of aliphatic carboxylic acids is 2. The van der Waals surface area contributed by atoms with Crippen molar-refractivity contribution in [1.29, 1.82) is 0 Å². The highest BCUT2D eigenvalue weighted by Crippen LogP contribution is 2.12. The highest BCUT2D eigenvalue weighted by atomic mass is 16.4. The van der Waals surface area contributed by atoms with E-state index in [4.69, 9.17) is 15.9 Å². The van der Waals surface area contributed by atoms with Crippen LogP contribution >= 0.6 is 0 Å². The molecular formula is C20H23N7O6. The normalized spacial score (nSPS) is 11.3. The molecular weight excluding hydrogens is 434 g/mol. The fourth-order valence-corrected chi connectivity index (χ4v) is 2.75. The molecule has 0 saturated carbocycles. The third-order valence-corrected chi connectivity index (χ3v) is 4.36. The van der Waals surface area contributed by atoms with Crippen LogP contribution in [0.3, 0.4) is 0 Å². The number of benzene rings is 1. The van der Waals surface area contributed by atoms with Crippen LogP contribution in [-0.4, -0.2) is 54.0 Å². The number of carboxylic acids is 2. The number of aromatic amines is 1. The van der Waals surface area contributed by atoms with Crippen molar-refractivity contribution in [2.45, 2.75) is 32.9 Å². The van der Waals surface area contributed by atoms with Crippen LogP contribution in [0.4, 0.5) is 11.6 Å². The van der Waals surface area contributed by atoms with Crippen LogP contribution in [0.25, 0.3) is 11.2 Å². The van der Waals surface area contributed by atoms with Gasteiger partial charge in [0.15, 0.2) is 11.2 Å². The van der Waals surface area contributed by atoms with Crippen LogP contribution in [0.5, 0.6) is 0 Å². The number of aromatic nitrogens is 4. The number of hydrogen-bond donors (Lipinski definition) is 6. The Bertz CT molecular complexity index is 1230. The SMILES string of the molecule is C.Nc1nc2ncc(CNc3ccc(C(=O)NC(CCC(=O)O)C(=O)O)cc3)nc2c(=O)[nH]1. The van der Waals surface area contributed by atoms with Crippen LogP contribution in [0.15, 0.2) is 35.3 Å². The maximum absolute atomic E-state index is 12.3. The van der Waals surface area contributed by atoms with Gasteiger partial charge >= 0.3 is 11.9 Å². The first-order valence-electron chi connectivity index (χ1n) is 9.33. The van der Waals surface area contributed by atoms with Gasteiger partial charge in [-0.3, -0.25) is 19.4 Å². The number of nitrogens with zero attached hydrogens (tertiary/aromatic N) is 3. The second-order valence-corrected chi connectivity index (χ2v) is 6.71. The summed E-state index contributed by atoms with van der Waals surface area (Å²) >= 11 is 0. The monoisotopic (exact) mass is 457 g/mol. The summed E-state index contributed by atoms with van der Waals surface area (Å²) in [6.45, 7) is 0.231. The van der Waals surface area contributed by atoms with Gasteiger partial charge in [-0.1, -0.05) is 7.43 Å². The Labute approximate surface area is 187 Å². The summed E-state index contributed by atoms with van der Waals surface area (Å²) in [5.41, 5.74) is 6.47. The number of carboxylic acid groups (broad SMARTS) is 2. The van der Waals surface area contributed by atoms with Gasteiger partial charge in [0.25, 0.3) is 11.5 Å². The lowest BCUT2D eigenvalue weighted by atomic mass is 10.1. The molecule has 1 unspecified atom stereocenters. The molecule has 3 rings (SSSR count). The number of amides is 1. The molecule has 2 heterocycles. The Morgan fingerprint density at radius 1 is 1.12 bits per heavy atom. The fraction of sp³-hybridized carbons (Fsp3) is 0.250. The molecule has 0 bridgehead atoms. The number of fused-ring (bicyclic) bond motifs is 1. The zero-order valence-corrected chi connectivity index (χ0v) is 16.5. The molecule has 33 heavy (non-hydrogen) atoms. The number of nitrogens with two attached hydrogens (primary N) is 1. The third-order valence-electron chi connectivity index (χ3n) is 4.36. The molecule has 13 heteroatoms. The molecule has 0 aliphatic heterocycles. The quantitative estimate of drug-likeness (QED) is 0.261. The van der Waals surface area contributed by atoms with Gasteiger partial charge in [-0.25, -0.2) is 14.8 Å². The van der Waals surface area contributed by atoms with Crippen molar-refractivity contribution in [1.82, 2.24) is 25.3 Å². The Hall–Kier alpha value is -4.55. The predicted molar refractivity (Wildman–Crippen MR) is 119 cm³/mol. The summed E-state index contributed by atoms with van der Waals surface area (Å²) < 4.78 is 0. The van der Waals surface area contributed by atoms with Crippen molar-refractivity contribution in [2.75, 3.05) is 11.1 Å². The molecule has 0 aliphatic rings. The van der Waals surface area contributed by atoms with Crippen molar-refractivity contribution >= 4 is 40.6 Å². The van der Waals surface area contributed by atoms with Gasteiger partial charge in [-0.15, -0.1) is 0 Å². The highest BCUT2D eigenvalue weighted by Gasteiger charge is 2.21. The lowest BCUT2D eigenvalue weighted by Gasteiger charge is -2.14. The summed E-state index contributed by atoms with van der Waals surface area (Å²) in [4.78, 5) is 60.6. The van der Waals surface area contributed by atoms with Crippen molar-refractivity contribution in [3.8, 4) is 0 Å². The molecule has 0 aliphatic carbocycles. The summed E-state index contributed by atoms with van der Waals surface area (Å²) in [6, 6.07) is 4.86. The first kappa shape index (κ1) is 24.7. The van der Waals surface area contributed by atoms with E-state index in [1.54, 1.807) is 12.1 Å². The maximum atomic E-state index is 12.3. The van der Waals surface area contributed by atoms with Gasteiger partial charge in [-0.2, -0.15) is 4.98 Å². The summed E-state index contributed by atoms with van der Waals surface area (Å²) in [5.74, 6) is -3.16. The molecule has 0 saturated heterocycles. The third kappa shape index (κ3) is 6.46. The van der Waals surface area contributed by atoms with Crippen molar-refractivity contribution in [3.63, 3.8) is 0 Å². The van der Waals surface area contributed by atoms with Gasteiger partial charge in [0, 0.05) is 17.7 Å². The van der Waals surface area contributed by atoms with E-state index in [0.717, 1.165) is 0 Å². The first-order valence-corrected chi connectivity index (χ1v) is 9.33. The minimum Gasteiger partial charge on any atom is -0.481 e. The Kier molecular flexibility index (Phi) is 7.98. The molecule has 1 amide bonds. The lowest BCUT2D eigenvalue weighted by molar-refractivity contribution is -0.140. The highest BCUT2D eigenvalue weighted by molar-refractivity contribution is 5.96. The number of carbonyl (C=O) groups excluding carboxylic acids is 1. The number of nitrogen functional groups attached to an aromatic ring is 1. The topological polar surface area (TPSA) is 213 Å². The van der Waals surface area contributed by atoms with E-state index >= 15 is 0 Å². The zero-order valence-electron chi connectivity index (χ0n) is 16.5. The molecule has 13 nitrogen and oxygen atoms in total. The van der Waals surface area contributed by atoms with Crippen molar-refractivity contribution < 1.29 is 24.6 Å². The number of carbonyl (C=O) groups is 3. The molecule has 7 N–H and O–H groups in total. The average Bonchev–Trinajstić information content (AvgIpc) is 2.75. The zero-order chi connectivity index (χ0) is 23.3. The molecule has 1 aromatic carbocycles.